The highest BCUT2D eigenvalue weighted by molar-refractivity contribution is 7.12. The van der Waals surface area contributed by atoms with Crippen molar-refractivity contribution >= 4 is 17.4 Å². The van der Waals surface area contributed by atoms with Crippen LogP contribution in [-0.4, -0.2) is 22.3 Å². The minimum Gasteiger partial charge on any atom is -0.350 e. The molecule has 1 atom stereocenters. The maximum Gasteiger partial charge on any atom is 0.339 e. The van der Waals surface area contributed by atoms with E-state index in [2.05, 4.69) is 11.8 Å². The third-order valence-corrected chi connectivity index (χ3v) is 4.33. The second kappa shape index (κ2) is 7.27. The Morgan fingerprint density at radius 3 is 2.70 bits per heavy atom. The van der Waals surface area contributed by atoms with E-state index in [1.54, 1.807) is 19.1 Å². The number of primary amides is 1. The number of benzene rings is 1. The molecule has 2 amide bonds. The molecule has 0 bridgehead atoms. The van der Waals surface area contributed by atoms with Gasteiger partial charge in [0.15, 0.2) is 0 Å². The molecule has 0 fully saturated rings. The van der Waals surface area contributed by atoms with Crippen LogP contribution in [0, 0.1) is 24.6 Å². The SMILES string of the molecule is Cc1sc(C#CC(C)N(O)C(N)=O)cc1Cc1ccc(F)cc1. The number of nitrogens with two attached hydrogens (primary N) is 1. The molecule has 1 aromatic heterocycles. The fourth-order valence-corrected chi connectivity index (χ4v) is 2.91. The Morgan fingerprint density at radius 2 is 2.09 bits per heavy atom. The minimum absolute atomic E-state index is 0.251. The number of carbonyl (C=O) groups excluding carboxylic acids is 1. The van der Waals surface area contributed by atoms with Gasteiger partial charge in [-0.2, -0.15) is 5.06 Å². The van der Waals surface area contributed by atoms with Crippen molar-refractivity contribution in [1.82, 2.24) is 5.06 Å². The van der Waals surface area contributed by atoms with Crippen LogP contribution in [0.5, 0.6) is 0 Å². The predicted molar refractivity (Wildman–Crippen MR) is 87.8 cm³/mol. The van der Waals surface area contributed by atoms with E-state index in [9.17, 15) is 14.4 Å². The molecule has 0 radical (unpaired) electrons. The van der Waals surface area contributed by atoms with Gasteiger partial charge >= 0.3 is 6.03 Å². The number of urea groups is 1. The van der Waals surface area contributed by atoms with Crippen LogP contribution in [0.1, 0.15) is 27.8 Å². The van der Waals surface area contributed by atoms with Crippen LogP contribution in [-0.2, 0) is 6.42 Å². The molecular weight excluding hydrogens is 315 g/mol. The van der Waals surface area contributed by atoms with Crippen molar-refractivity contribution in [2.75, 3.05) is 0 Å². The van der Waals surface area contributed by atoms with E-state index >= 15 is 0 Å². The van der Waals surface area contributed by atoms with E-state index < -0.39 is 12.1 Å². The van der Waals surface area contributed by atoms with Crippen LogP contribution in [0.4, 0.5) is 9.18 Å². The van der Waals surface area contributed by atoms with Crippen LogP contribution in [0.15, 0.2) is 30.3 Å². The molecule has 120 valence electrons. The Balaban J connectivity index is 2.12. The zero-order chi connectivity index (χ0) is 17.0. The van der Waals surface area contributed by atoms with Crippen molar-refractivity contribution < 1.29 is 14.4 Å². The molecule has 0 aliphatic heterocycles. The lowest BCUT2D eigenvalue weighted by Crippen LogP contribution is -2.38. The summed E-state index contributed by atoms with van der Waals surface area (Å²) in [7, 11) is 0. The summed E-state index contributed by atoms with van der Waals surface area (Å²) in [5, 5.41) is 9.77. The summed E-state index contributed by atoms with van der Waals surface area (Å²) in [6.45, 7) is 3.58. The lowest BCUT2D eigenvalue weighted by Gasteiger charge is -2.14. The standard InChI is InChI=1S/C17H17FN2O2S/c1-11(20(22)17(19)21)3-8-16-10-14(12(2)23-16)9-13-4-6-15(18)7-5-13/h4-7,10-11,22H,9H2,1-2H3,(H2,19,21). The number of hydrogen-bond acceptors (Lipinski definition) is 3. The first-order valence-corrected chi connectivity index (χ1v) is 7.81. The molecule has 0 aliphatic rings. The quantitative estimate of drug-likeness (QED) is 0.514. The van der Waals surface area contributed by atoms with Gasteiger partial charge in [-0.1, -0.05) is 24.0 Å². The summed E-state index contributed by atoms with van der Waals surface area (Å²) >= 11 is 1.53. The summed E-state index contributed by atoms with van der Waals surface area (Å²) < 4.78 is 12.9. The summed E-state index contributed by atoms with van der Waals surface area (Å²) in [5.74, 6) is 5.46. The maximum atomic E-state index is 12.9. The third-order valence-electron chi connectivity index (χ3n) is 3.33. The summed E-state index contributed by atoms with van der Waals surface area (Å²) in [4.78, 5) is 12.8. The lowest BCUT2D eigenvalue weighted by molar-refractivity contribution is -0.0536. The van der Waals surface area contributed by atoms with Gasteiger partial charge in [0.25, 0.3) is 0 Å². The van der Waals surface area contributed by atoms with Gasteiger partial charge in [-0.25, -0.2) is 9.18 Å². The van der Waals surface area contributed by atoms with Crippen LogP contribution >= 0.6 is 11.3 Å². The normalized spacial score (nSPS) is 11.5. The third kappa shape index (κ3) is 4.55. The van der Waals surface area contributed by atoms with Gasteiger partial charge in [0.05, 0.1) is 4.88 Å². The van der Waals surface area contributed by atoms with Crippen LogP contribution in [0.3, 0.4) is 0 Å². The number of thiophene rings is 1. The van der Waals surface area contributed by atoms with Gasteiger partial charge in [-0.15, -0.1) is 11.3 Å². The van der Waals surface area contributed by atoms with E-state index in [0.717, 1.165) is 20.9 Å². The zero-order valence-corrected chi connectivity index (χ0v) is 13.7. The average Bonchev–Trinajstić information content (AvgIpc) is 2.86. The molecule has 2 aromatic rings. The molecule has 4 nitrogen and oxygen atoms in total. The topological polar surface area (TPSA) is 66.6 Å². The largest absolute Gasteiger partial charge is 0.350 e. The molecule has 23 heavy (non-hydrogen) atoms. The van der Waals surface area contributed by atoms with Gasteiger partial charge < -0.3 is 5.73 Å². The fraction of sp³-hybridized carbons (Fsp3) is 0.235. The molecule has 2 rings (SSSR count). The number of hydroxylamine groups is 2. The predicted octanol–water partition coefficient (Wildman–Crippen LogP) is 3.30. The van der Waals surface area contributed by atoms with Gasteiger partial charge in [-0.3, -0.25) is 5.21 Å². The first-order chi connectivity index (χ1) is 10.9. The molecular formula is C17H17FN2O2S. The molecule has 3 N–H and O–H groups in total. The highest BCUT2D eigenvalue weighted by Gasteiger charge is 2.12. The molecule has 1 aromatic carbocycles. The molecule has 0 spiro atoms. The highest BCUT2D eigenvalue weighted by Crippen LogP contribution is 2.23. The summed E-state index contributed by atoms with van der Waals surface area (Å²) in [6.07, 6.45) is 0.702. The molecule has 0 aliphatic carbocycles. The number of amides is 2. The van der Waals surface area contributed by atoms with Crippen LogP contribution in [0.2, 0.25) is 0 Å². The number of rotatable bonds is 3. The van der Waals surface area contributed by atoms with E-state index in [1.807, 2.05) is 13.0 Å². The van der Waals surface area contributed by atoms with Crippen molar-refractivity contribution in [3.63, 3.8) is 0 Å². The lowest BCUT2D eigenvalue weighted by atomic mass is 10.1. The Bertz CT molecular complexity index is 759. The van der Waals surface area contributed by atoms with E-state index in [0.29, 0.717) is 11.5 Å². The van der Waals surface area contributed by atoms with Crippen molar-refractivity contribution in [2.24, 2.45) is 5.73 Å². The average molecular weight is 332 g/mol. The van der Waals surface area contributed by atoms with Crippen LogP contribution in [0.25, 0.3) is 0 Å². The maximum absolute atomic E-state index is 12.9. The smallest absolute Gasteiger partial charge is 0.339 e. The first kappa shape index (κ1) is 17.0. The molecule has 0 saturated heterocycles. The van der Waals surface area contributed by atoms with Gasteiger partial charge in [0.1, 0.15) is 11.9 Å². The number of nitrogens with zero attached hydrogens (tertiary/aromatic N) is 1. The van der Waals surface area contributed by atoms with E-state index in [-0.39, 0.29) is 5.82 Å². The van der Waals surface area contributed by atoms with Crippen molar-refractivity contribution in [3.05, 3.63) is 57.0 Å². The Hall–Kier alpha value is -2.36. The summed E-state index contributed by atoms with van der Waals surface area (Å²) in [5.41, 5.74) is 7.12. The summed E-state index contributed by atoms with van der Waals surface area (Å²) in [6, 6.07) is 6.75. The van der Waals surface area contributed by atoms with Gasteiger partial charge in [0.2, 0.25) is 0 Å². The van der Waals surface area contributed by atoms with Gasteiger partial charge in [-0.05, 0) is 49.6 Å². The Morgan fingerprint density at radius 1 is 1.43 bits per heavy atom. The number of carbonyl (C=O) groups is 1. The Labute approximate surface area is 138 Å². The van der Waals surface area contributed by atoms with E-state index in [4.69, 9.17) is 5.73 Å². The van der Waals surface area contributed by atoms with Crippen LogP contribution < -0.4 is 5.73 Å². The number of halogens is 1. The molecule has 0 saturated carbocycles. The molecule has 1 unspecified atom stereocenters. The van der Waals surface area contributed by atoms with E-state index in [1.165, 1.54) is 23.5 Å². The second-order valence-corrected chi connectivity index (χ2v) is 6.38. The van der Waals surface area contributed by atoms with Crippen molar-refractivity contribution in [2.45, 2.75) is 26.3 Å². The molecule has 1 heterocycles. The first-order valence-electron chi connectivity index (χ1n) is 6.99. The molecule has 6 heteroatoms. The minimum atomic E-state index is -0.939. The zero-order valence-electron chi connectivity index (χ0n) is 12.8. The fourth-order valence-electron chi connectivity index (χ4n) is 2.01. The van der Waals surface area contributed by atoms with Gasteiger partial charge in [0, 0.05) is 4.88 Å². The highest BCUT2D eigenvalue weighted by atomic mass is 32.1. The monoisotopic (exact) mass is 332 g/mol. The van der Waals surface area contributed by atoms with Crippen molar-refractivity contribution in [1.29, 1.82) is 0 Å². The Kier molecular flexibility index (Phi) is 5.37. The number of aryl methyl sites for hydroxylation is 1. The van der Waals surface area contributed by atoms with Crippen molar-refractivity contribution in [3.8, 4) is 11.8 Å². The number of hydrogen-bond donors (Lipinski definition) is 2. The second-order valence-electron chi connectivity index (χ2n) is 5.12.